The molecule has 0 fully saturated rings. The van der Waals surface area contributed by atoms with Crippen molar-refractivity contribution in [3.63, 3.8) is 0 Å². The number of carbonyl (C=O) groups excluding carboxylic acids is 2. The van der Waals surface area contributed by atoms with E-state index in [-0.39, 0.29) is 30.5 Å². The Morgan fingerprint density at radius 3 is 2.73 bits per heavy atom. The van der Waals surface area contributed by atoms with Crippen LogP contribution in [0.1, 0.15) is 29.0 Å². The molecule has 2 amide bonds. The average molecular weight is 534 g/mol. The molecular weight excluding hydrogens is 507 g/mol. The van der Waals surface area contributed by atoms with Crippen LogP contribution < -0.4 is 15.1 Å². The summed E-state index contributed by atoms with van der Waals surface area (Å²) in [4.78, 5) is 38.1. The fourth-order valence-corrected chi connectivity index (χ4v) is 4.89. The molecule has 1 N–H and O–H groups in total. The highest BCUT2D eigenvalue weighted by molar-refractivity contribution is 7.99. The number of likely N-dealkylation sites (N-methyl/N-ethyl adjacent to an activating group) is 1. The van der Waals surface area contributed by atoms with Gasteiger partial charge < -0.3 is 15.1 Å². The summed E-state index contributed by atoms with van der Waals surface area (Å²) in [6.45, 7) is 0.644. The predicted octanol–water partition coefficient (Wildman–Crippen LogP) is 3.37. The molecule has 9 nitrogen and oxygen atoms in total. The van der Waals surface area contributed by atoms with Gasteiger partial charge in [-0.05, 0) is 18.1 Å². The van der Waals surface area contributed by atoms with Gasteiger partial charge >= 0.3 is 6.18 Å². The first-order valence-electron chi connectivity index (χ1n) is 11.5. The third-order valence-corrected chi connectivity index (χ3v) is 6.94. The number of rotatable bonds is 8. The van der Waals surface area contributed by atoms with Crippen LogP contribution in [0.3, 0.4) is 0 Å². The van der Waals surface area contributed by atoms with Gasteiger partial charge in [0.1, 0.15) is 18.2 Å². The van der Waals surface area contributed by atoms with E-state index in [4.69, 9.17) is 0 Å². The maximum atomic E-state index is 13.1. The zero-order valence-electron chi connectivity index (χ0n) is 20.3. The molecule has 0 saturated carbocycles. The minimum absolute atomic E-state index is 0.0393. The highest BCUT2D eigenvalue weighted by atomic mass is 32.2. The van der Waals surface area contributed by atoms with Gasteiger partial charge in [0.15, 0.2) is 0 Å². The van der Waals surface area contributed by atoms with Gasteiger partial charge in [-0.25, -0.2) is 14.6 Å². The van der Waals surface area contributed by atoms with Gasteiger partial charge in [0.25, 0.3) is 5.91 Å². The molecule has 0 spiro atoms. The molecule has 1 aliphatic rings. The molecule has 0 aliphatic carbocycles. The van der Waals surface area contributed by atoms with E-state index in [1.165, 1.54) is 29.2 Å². The number of nitrogens with zero attached hydrogens (tertiary/aromatic N) is 6. The average Bonchev–Trinajstić information content (AvgIpc) is 3.29. The number of halogens is 3. The van der Waals surface area contributed by atoms with Gasteiger partial charge in [0, 0.05) is 37.7 Å². The first kappa shape index (κ1) is 26.5. The van der Waals surface area contributed by atoms with Crippen LogP contribution in [0.5, 0.6) is 0 Å². The van der Waals surface area contributed by atoms with Crippen molar-refractivity contribution in [3.05, 3.63) is 60.3 Å². The van der Waals surface area contributed by atoms with Gasteiger partial charge in [-0.3, -0.25) is 9.59 Å². The summed E-state index contributed by atoms with van der Waals surface area (Å²) in [6, 6.07) is 10.5. The summed E-state index contributed by atoms with van der Waals surface area (Å²) in [7, 11) is 3.27. The molecular formula is C24H26F3N7O2S. The van der Waals surface area contributed by atoms with Crippen molar-refractivity contribution in [1.29, 1.82) is 0 Å². The second kappa shape index (κ2) is 11.2. The first-order chi connectivity index (χ1) is 17.6. The van der Waals surface area contributed by atoms with Gasteiger partial charge in [-0.2, -0.15) is 13.2 Å². The van der Waals surface area contributed by atoms with Crippen LogP contribution in [0.4, 0.5) is 24.7 Å². The summed E-state index contributed by atoms with van der Waals surface area (Å²) in [5.74, 6) is -0.161. The zero-order valence-corrected chi connectivity index (χ0v) is 21.1. The Morgan fingerprint density at radius 1 is 1.24 bits per heavy atom. The van der Waals surface area contributed by atoms with E-state index in [2.05, 4.69) is 20.4 Å². The first-order valence-corrected chi connectivity index (χ1v) is 12.5. The minimum atomic E-state index is -4.20. The third-order valence-electron chi connectivity index (χ3n) is 5.80. The Morgan fingerprint density at radius 2 is 2.00 bits per heavy atom. The number of fused-ring (bicyclic) bond motifs is 1. The number of thioether (sulfide) groups is 1. The Balaban J connectivity index is 1.39. The van der Waals surface area contributed by atoms with E-state index in [0.29, 0.717) is 18.1 Å². The molecule has 3 heterocycles. The highest BCUT2D eigenvalue weighted by Gasteiger charge is 2.32. The van der Waals surface area contributed by atoms with Gasteiger partial charge in [-0.15, -0.1) is 16.9 Å². The van der Waals surface area contributed by atoms with Crippen LogP contribution in [0.2, 0.25) is 0 Å². The summed E-state index contributed by atoms with van der Waals surface area (Å²) >= 11 is 1.36. The number of pyridine rings is 1. The quantitative estimate of drug-likeness (QED) is 0.474. The number of carbonyl (C=O) groups is 2. The molecule has 196 valence electrons. The number of aromatic nitrogens is 4. The van der Waals surface area contributed by atoms with Crippen molar-refractivity contribution < 1.29 is 22.8 Å². The lowest BCUT2D eigenvalue weighted by Gasteiger charge is -2.23. The molecule has 0 bridgehead atoms. The summed E-state index contributed by atoms with van der Waals surface area (Å²) < 4.78 is 39.0. The highest BCUT2D eigenvalue weighted by Crippen LogP contribution is 2.35. The zero-order chi connectivity index (χ0) is 26.6. The number of hydrogen-bond acceptors (Lipinski definition) is 7. The number of nitrogens with one attached hydrogen (secondary N) is 1. The summed E-state index contributed by atoms with van der Waals surface area (Å²) in [5.41, 5.74) is 1.57. The Hall–Kier alpha value is -3.61. The largest absolute Gasteiger partial charge is 0.389 e. The smallest absolute Gasteiger partial charge is 0.360 e. The number of benzene rings is 1. The second-order valence-corrected chi connectivity index (χ2v) is 9.70. The molecule has 1 atom stereocenters. The van der Waals surface area contributed by atoms with E-state index in [9.17, 15) is 22.8 Å². The van der Waals surface area contributed by atoms with E-state index < -0.39 is 24.5 Å². The van der Waals surface area contributed by atoms with Crippen LogP contribution in [0.15, 0.2) is 53.8 Å². The number of hydrogen-bond donors (Lipinski definition) is 1. The Bertz CT molecular complexity index is 1250. The summed E-state index contributed by atoms with van der Waals surface area (Å²) in [5, 5.41) is 6.94. The molecule has 2 aromatic heterocycles. The molecule has 13 heteroatoms. The lowest BCUT2D eigenvalue weighted by atomic mass is 10.2. The van der Waals surface area contributed by atoms with Crippen molar-refractivity contribution in [2.24, 2.45) is 0 Å². The predicted molar refractivity (Wildman–Crippen MR) is 134 cm³/mol. The van der Waals surface area contributed by atoms with E-state index in [1.807, 2.05) is 30.3 Å². The minimum Gasteiger partial charge on any atom is -0.360 e. The Kier molecular flexibility index (Phi) is 8.00. The van der Waals surface area contributed by atoms with Crippen molar-refractivity contribution in [2.45, 2.75) is 36.5 Å². The van der Waals surface area contributed by atoms with Gasteiger partial charge in [0.05, 0.1) is 18.4 Å². The lowest BCUT2D eigenvalue weighted by molar-refractivity contribution is -0.135. The molecule has 3 aromatic rings. The van der Waals surface area contributed by atoms with Crippen LogP contribution in [-0.4, -0.2) is 70.2 Å². The SMILES string of the molecule is CN(CCCC(F)(F)F)c1cc2c(cn1)N(C)C(=O)[C@@H](NC(=O)c1ncn(Cc3ccccc3)n1)CS2. The molecule has 4 rings (SSSR count). The van der Waals surface area contributed by atoms with Crippen molar-refractivity contribution >= 4 is 35.1 Å². The summed E-state index contributed by atoms with van der Waals surface area (Å²) in [6.07, 6.45) is -2.13. The van der Waals surface area contributed by atoms with E-state index >= 15 is 0 Å². The van der Waals surface area contributed by atoms with Crippen molar-refractivity contribution in [2.75, 3.05) is 36.2 Å². The van der Waals surface area contributed by atoms with Crippen LogP contribution >= 0.6 is 11.8 Å². The number of alkyl halides is 3. The molecule has 0 radical (unpaired) electrons. The van der Waals surface area contributed by atoms with Crippen LogP contribution in [0, 0.1) is 0 Å². The van der Waals surface area contributed by atoms with Crippen LogP contribution in [0.25, 0.3) is 0 Å². The van der Waals surface area contributed by atoms with E-state index in [1.54, 1.807) is 29.7 Å². The second-order valence-electron chi connectivity index (χ2n) is 8.64. The molecule has 37 heavy (non-hydrogen) atoms. The maximum Gasteiger partial charge on any atom is 0.389 e. The fraction of sp³-hybridized carbons (Fsp3) is 0.375. The van der Waals surface area contributed by atoms with Crippen molar-refractivity contribution in [3.8, 4) is 0 Å². The standard InChI is InChI=1S/C24H26F3N7O2S/c1-32(10-6-9-24(25,26)27)20-11-19-18(12-28-20)33(2)23(36)17(14-37-19)30-22(35)21-29-15-34(31-21)13-16-7-4-3-5-8-16/h3-5,7-8,11-12,15,17H,6,9-10,13-14H2,1-2H3,(H,30,35)/t17-/m0/s1. The molecule has 0 saturated heterocycles. The molecule has 0 unspecified atom stereocenters. The molecule has 1 aliphatic heterocycles. The maximum absolute atomic E-state index is 13.1. The lowest BCUT2D eigenvalue weighted by Crippen LogP contribution is -2.48. The Labute approximate surface area is 216 Å². The molecule has 1 aromatic carbocycles. The fourth-order valence-electron chi connectivity index (χ4n) is 3.80. The normalized spacial score (nSPS) is 15.8. The number of anilines is 2. The third kappa shape index (κ3) is 6.79. The van der Waals surface area contributed by atoms with Gasteiger partial charge in [-0.1, -0.05) is 30.3 Å². The van der Waals surface area contributed by atoms with Crippen LogP contribution in [-0.2, 0) is 11.3 Å². The monoisotopic (exact) mass is 533 g/mol. The topological polar surface area (TPSA) is 96.3 Å². The van der Waals surface area contributed by atoms with Crippen molar-refractivity contribution in [1.82, 2.24) is 25.1 Å². The van der Waals surface area contributed by atoms with Gasteiger partial charge in [0.2, 0.25) is 11.7 Å². The van der Waals surface area contributed by atoms with E-state index in [0.717, 1.165) is 10.5 Å². The number of amides is 2.